The Balaban J connectivity index is 1.40. The Bertz CT molecular complexity index is 1910. The Kier molecular flexibility index (Phi) is 12.6. The maximum atomic E-state index is 14.0. The third-order valence-corrected chi connectivity index (χ3v) is 12.3. The summed E-state index contributed by atoms with van der Waals surface area (Å²) in [6.07, 6.45) is 11.2. The van der Waals surface area contributed by atoms with Crippen LogP contribution < -0.4 is 9.47 Å². The highest BCUT2D eigenvalue weighted by molar-refractivity contribution is 6.03. The number of hydrogen-bond donors (Lipinski definition) is 2. The van der Waals surface area contributed by atoms with Gasteiger partial charge in [-0.05, 0) is 117 Å². The van der Waals surface area contributed by atoms with E-state index in [1.807, 2.05) is 60.5 Å². The molecule has 2 fully saturated rings. The number of nitrogens with zero attached hydrogens (tertiary/aromatic N) is 2. The van der Waals surface area contributed by atoms with E-state index in [1.165, 1.54) is 5.56 Å². The Hall–Kier alpha value is -4.44. The normalized spacial score (nSPS) is 25.7. The van der Waals surface area contributed by atoms with Gasteiger partial charge in [0.1, 0.15) is 29.9 Å². The lowest BCUT2D eigenvalue weighted by Gasteiger charge is -2.59. The summed E-state index contributed by atoms with van der Waals surface area (Å²) < 4.78 is 20.8. The fraction of sp³-hybridized carbons (Fsp3) is 0.489. The van der Waals surface area contributed by atoms with Crippen LogP contribution in [0.2, 0.25) is 0 Å². The smallest absolute Gasteiger partial charge is 0.239 e. The molecule has 0 bridgehead atoms. The predicted octanol–water partition coefficient (Wildman–Crippen LogP) is 8.80. The van der Waals surface area contributed by atoms with Crippen LogP contribution in [0.4, 0.5) is 0 Å². The Morgan fingerprint density at radius 2 is 1.70 bits per heavy atom. The lowest BCUT2D eigenvalue weighted by atomic mass is 9.55. The summed E-state index contributed by atoms with van der Waals surface area (Å²) in [5.41, 5.74) is 6.22. The van der Waals surface area contributed by atoms with Crippen molar-refractivity contribution in [3.63, 3.8) is 0 Å². The summed E-state index contributed by atoms with van der Waals surface area (Å²) in [4.78, 5) is 22.1. The first-order valence-electron chi connectivity index (χ1n) is 20.5. The van der Waals surface area contributed by atoms with Gasteiger partial charge in [0, 0.05) is 44.1 Å². The second-order valence-corrected chi connectivity index (χ2v) is 16.1. The van der Waals surface area contributed by atoms with Crippen LogP contribution in [0, 0.1) is 37.5 Å². The van der Waals surface area contributed by atoms with Gasteiger partial charge < -0.3 is 34.2 Å². The zero-order chi connectivity index (χ0) is 39.2. The number of benzene rings is 3. The number of hydrogen-bond acceptors (Lipinski definition) is 8. The summed E-state index contributed by atoms with van der Waals surface area (Å²) in [7, 11) is 1.88. The fourth-order valence-electron chi connectivity index (χ4n) is 9.24. The highest BCUT2D eigenvalue weighted by Crippen LogP contribution is 2.62. The summed E-state index contributed by atoms with van der Waals surface area (Å²) in [5, 5.41) is 24.7. The maximum Gasteiger partial charge on any atom is 0.239 e. The number of aryl methyl sites for hydroxylation is 2. The first-order chi connectivity index (χ1) is 27.3. The van der Waals surface area contributed by atoms with Crippen LogP contribution in [0.25, 0.3) is 0 Å². The Morgan fingerprint density at radius 3 is 2.41 bits per heavy atom. The molecule has 3 aromatic carbocycles. The van der Waals surface area contributed by atoms with Gasteiger partial charge in [0.25, 0.3) is 0 Å². The molecule has 9 heteroatoms. The van der Waals surface area contributed by atoms with Crippen LogP contribution in [0.5, 0.6) is 17.2 Å². The Labute approximate surface area is 332 Å². The predicted molar refractivity (Wildman–Crippen MR) is 218 cm³/mol. The molecular formula is C47H58N2O7. The number of likely N-dealkylation sites (N-methyl/N-ethyl adjacent to an activating group) is 1. The van der Waals surface area contributed by atoms with Crippen molar-refractivity contribution in [1.29, 1.82) is 0 Å². The topological polar surface area (TPSA) is 110 Å². The summed E-state index contributed by atoms with van der Waals surface area (Å²) >= 11 is 0. The van der Waals surface area contributed by atoms with Gasteiger partial charge in [0.15, 0.2) is 0 Å². The maximum absolute atomic E-state index is 14.0. The molecule has 0 saturated heterocycles. The van der Waals surface area contributed by atoms with Crippen molar-refractivity contribution >= 4 is 11.6 Å². The lowest BCUT2D eigenvalue weighted by molar-refractivity contribution is -0.255. The second-order valence-electron chi connectivity index (χ2n) is 16.1. The molecule has 1 amide bonds. The van der Waals surface area contributed by atoms with Crippen LogP contribution in [-0.2, 0) is 21.0 Å². The summed E-state index contributed by atoms with van der Waals surface area (Å²) in [6, 6.07) is 21.7. The monoisotopic (exact) mass is 762 g/mol. The highest BCUT2D eigenvalue weighted by Gasteiger charge is 2.65. The van der Waals surface area contributed by atoms with E-state index in [9.17, 15) is 15.0 Å². The van der Waals surface area contributed by atoms with E-state index >= 15 is 0 Å². The zero-order valence-electron chi connectivity index (χ0n) is 33.2. The third-order valence-electron chi connectivity index (χ3n) is 12.3. The number of unbranched alkanes of at least 4 members (excludes halogenated alkanes) is 2. The van der Waals surface area contributed by atoms with Gasteiger partial charge in [-0.25, -0.2) is 0 Å². The number of fused-ring (bicyclic) bond motifs is 2. The van der Waals surface area contributed by atoms with Crippen LogP contribution in [-0.4, -0.2) is 65.4 Å². The second kappa shape index (κ2) is 17.8. The molecule has 3 aromatic rings. The Morgan fingerprint density at radius 1 is 0.964 bits per heavy atom. The van der Waals surface area contributed by atoms with Crippen molar-refractivity contribution in [3.05, 3.63) is 113 Å². The summed E-state index contributed by atoms with van der Waals surface area (Å²) in [6.45, 7) is 9.02. The molecule has 2 saturated carbocycles. The molecule has 56 heavy (non-hydrogen) atoms. The van der Waals surface area contributed by atoms with E-state index in [0.29, 0.717) is 37.4 Å². The van der Waals surface area contributed by atoms with E-state index in [1.54, 1.807) is 6.08 Å². The summed E-state index contributed by atoms with van der Waals surface area (Å²) in [5.74, 6) is 0.832. The van der Waals surface area contributed by atoms with Gasteiger partial charge in [-0.3, -0.25) is 4.79 Å². The first kappa shape index (κ1) is 39.8. The molecule has 0 radical (unpaired) electrons. The minimum Gasteiger partial charge on any atom is -0.459 e. The van der Waals surface area contributed by atoms with E-state index in [4.69, 9.17) is 24.2 Å². The number of carbonyl (C=O) groups is 1. The van der Waals surface area contributed by atoms with E-state index < -0.39 is 11.8 Å². The van der Waals surface area contributed by atoms with E-state index in [0.717, 1.165) is 72.2 Å². The van der Waals surface area contributed by atoms with Gasteiger partial charge in [0.2, 0.25) is 11.7 Å². The first-order valence-corrected chi connectivity index (χ1v) is 20.5. The zero-order valence-corrected chi connectivity index (χ0v) is 33.2. The van der Waals surface area contributed by atoms with Crippen LogP contribution in [0.3, 0.4) is 0 Å². The minimum atomic E-state index is -1.25. The highest BCUT2D eigenvalue weighted by atomic mass is 16.7. The van der Waals surface area contributed by atoms with Gasteiger partial charge in [-0.1, -0.05) is 66.5 Å². The van der Waals surface area contributed by atoms with Crippen molar-refractivity contribution in [2.75, 3.05) is 26.9 Å². The van der Waals surface area contributed by atoms with Crippen molar-refractivity contribution in [1.82, 2.24) is 4.90 Å². The molecule has 0 aromatic heterocycles. The molecular weight excluding hydrogens is 705 g/mol. The van der Waals surface area contributed by atoms with Crippen LogP contribution >= 0.6 is 0 Å². The number of carbonyl (C=O) groups excluding carboxylic acids is 1. The molecule has 2 N–H and O–H groups in total. The van der Waals surface area contributed by atoms with Crippen LogP contribution in [0.15, 0.2) is 96.2 Å². The van der Waals surface area contributed by atoms with Crippen LogP contribution in [0.1, 0.15) is 86.0 Å². The fourth-order valence-corrected chi connectivity index (χ4v) is 9.24. The SMILES string of the molecule is C=CCOC12Oc3ccc(Oc4ccc(C)c(C)c4)cc3C3C(CCCCO)C(CCCCO)C=C(C(=NOCc4ccccc4)CC1N(C)C(=O)C1CC1)C32. The van der Waals surface area contributed by atoms with Gasteiger partial charge in [-0.15, -0.1) is 6.58 Å². The number of aliphatic hydroxyl groups is 2. The average molecular weight is 763 g/mol. The average Bonchev–Trinajstić information content (AvgIpc) is 4.06. The molecule has 7 rings (SSSR count). The third kappa shape index (κ3) is 8.31. The molecule has 3 aliphatic carbocycles. The van der Waals surface area contributed by atoms with Gasteiger partial charge in [0.05, 0.1) is 18.2 Å². The molecule has 298 valence electrons. The van der Waals surface area contributed by atoms with Gasteiger partial charge >= 0.3 is 0 Å². The number of rotatable bonds is 18. The van der Waals surface area contributed by atoms with E-state index in [2.05, 4.69) is 44.7 Å². The van der Waals surface area contributed by atoms with Crippen molar-refractivity contribution in [3.8, 4) is 17.2 Å². The molecule has 0 spiro atoms. The number of amides is 1. The molecule has 6 unspecified atom stereocenters. The van der Waals surface area contributed by atoms with E-state index in [-0.39, 0.29) is 55.3 Å². The van der Waals surface area contributed by atoms with Crippen molar-refractivity contribution in [2.45, 2.75) is 96.0 Å². The number of ether oxygens (including phenoxy) is 3. The molecule has 4 aliphatic rings. The molecule has 9 nitrogen and oxygen atoms in total. The lowest BCUT2D eigenvalue weighted by Crippen LogP contribution is -2.69. The minimum absolute atomic E-state index is 0.00612. The largest absolute Gasteiger partial charge is 0.459 e. The van der Waals surface area contributed by atoms with Gasteiger partial charge in [-0.2, -0.15) is 0 Å². The van der Waals surface area contributed by atoms with Crippen molar-refractivity contribution in [2.24, 2.45) is 28.8 Å². The number of allylic oxidation sites excluding steroid dienone is 1. The standard InChI is InChI=1S/C47H58N2O7/c1-5-25-53-47-43(49(4)46(52)34-18-19-34)29-41(48-54-30-33-13-7-6-8-14-33)39-27-35(15-9-11-23-50)38(16-10-12-24-51)44(45(39)47)40-28-37(21-22-42(40)56-47)55-36-20-17-31(2)32(3)26-36/h5-8,13-14,17,20-22,26-28,34-35,38,43-45,50-51H,1,9-12,15-16,18-19,23-25,29-30H2,2-4H3. The molecule has 1 heterocycles. The quantitative estimate of drug-likeness (QED) is 0.0758. The number of oxime groups is 1. The number of aliphatic hydroxyl groups excluding tert-OH is 2. The molecule has 6 atom stereocenters. The van der Waals surface area contributed by atoms with Crippen molar-refractivity contribution < 1.29 is 34.1 Å². The molecule has 1 aliphatic heterocycles.